The number of hydrogen-bond acceptors (Lipinski definition) is 4. The molecule has 0 saturated heterocycles. The summed E-state index contributed by atoms with van der Waals surface area (Å²) in [5.41, 5.74) is 3.77. The zero-order chi connectivity index (χ0) is 15.4. The van der Waals surface area contributed by atoms with Gasteiger partial charge in [0.2, 0.25) is 5.78 Å². The Balaban J connectivity index is 2.08. The molecule has 0 aromatic heterocycles. The molecule has 1 aliphatic heterocycles. The van der Waals surface area contributed by atoms with Crippen LogP contribution in [0.3, 0.4) is 0 Å². The largest absolute Gasteiger partial charge is 0.357 e. The summed E-state index contributed by atoms with van der Waals surface area (Å²) in [5, 5.41) is 6.19. The van der Waals surface area contributed by atoms with Crippen molar-refractivity contribution in [1.82, 2.24) is 10.6 Å². The first-order valence-corrected chi connectivity index (χ1v) is 6.88. The van der Waals surface area contributed by atoms with Crippen LogP contribution >= 0.6 is 0 Å². The van der Waals surface area contributed by atoms with E-state index < -0.39 is 5.78 Å². The number of ketones is 1. The van der Waals surface area contributed by atoms with Crippen LogP contribution in [0.1, 0.15) is 11.1 Å². The number of carbonyl (C=O) groups is 2. The molecule has 2 N–H and O–H groups in total. The van der Waals surface area contributed by atoms with Crippen LogP contribution in [0.2, 0.25) is 0 Å². The van der Waals surface area contributed by atoms with Gasteiger partial charge in [0.25, 0.3) is 0 Å². The van der Waals surface area contributed by atoms with Crippen LogP contribution in [0.15, 0.2) is 72.6 Å². The molecule has 0 amide bonds. The molecule has 2 aromatic carbocycles. The Morgan fingerprint density at radius 2 is 1.36 bits per heavy atom. The maximum absolute atomic E-state index is 11.6. The van der Waals surface area contributed by atoms with E-state index in [4.69, 9.17) is 0 Å². The lowest BCUT2D eigenvalue weighted by atomic mass is 10.0. The van der Waals surface area contributed by atoms with Crippen LogP contribution < -0.4 is 10.6 Å². The smallest absolute Gasteiger partial charge is 0.242 e. The van der Waals surface area contributed by atoms with E-state index in [1.807, 2.05) is 60.7 Å². The van der Waals surface area contributed by atoms with Crippen LogP contribution in [0.25, 0.3) is 11.4 Å². The SMILES string of the molecule is O=CC(=O)C1=CNC(c2ccccc2)=C(c2ccccc2)N1. The molecule has 22 heavy (non-hydrogen) atoms. The summed E-state index contributed by atoms with van der Waals surface area (Å²) < 4.78 is 0. The highest BCUT2D eigenvalue weighted by atomic mass is 16.2. The van der Waals surface area contributed by atoms with E-state index >= 15 is 0 Å². The Bertz CT molecular complexity index is 762. The average molecular weight is 290 g/mol. The number of aldehydes is 1. The van der Waals surface area contributed by atoms with E-state index in [-0.39, 0.29) is 5.70 Å². The monoisotopic (exact) mass is 290 g/mol. The van der Waals surface area contributed by atoms with Crippen molar-refractivity contribution in [2.24, 2.45) is 0 Å². The van der Waals surface area contributed by atoms with Gasteiger partial charge in [-0.3, -0.25) is 9.59 Å². The number of carbonyl (C=O) groups excluding carboxylic acids is 2. The van der Waals surface area contributed by atoms with Crippen molar-refractivity contribution in [2.75, 3.05) is 0 Å². The molecule has 0 bridgehead atoms. The molecule has 1 heterocycles. The first kappa shape index (κ1) is 13.8. The van der Waals surface area contributed by atoms with E-state index in [1.54, 1.807) is 0 Å². The molecule has 1 aliphatic rings. The highest BCUT2D eigenvalue weighted by molar-refractivity contribution is 6.33. The van der Waals surface area contributed by atoms with Crippen LogP contribution in [0.4, 0.5) is 0 Å². The van der Waals surface area contributed by atoms with Crippen LogP contribution in [-0.4, -0.2) is 12.1 Å². The van der Waals surface area contributed by atoms with Crippen LogP contribution in [-0.2, 0) is 9.59 Å². The highest BCUT2D eigenvalue weighted by Crippen LogP contribution is 2.25. The van der Waals surface area contributed by atoms with E-state index in [0.29, 0.717) is 6.29 Å². The molecular formula is C18H14N2O2. The van der Waals surface area contributed by atoms with Gasteiger partial charge in [0.05, 0.1) is 11.4 Å². The van der Waals surface area contributed by atoms with Crippen molar-refractivity contribution in [3.8, 4) is 0 Å². The van der Waals surface area contributed by atoms with Gasteiger partial charge in [0, 0.05) is 17.3 Å². The van der Waals surface area contributed by atoms with E-state index in [0.717, 1.165) is 22.5 Å². The Hall–Kier alpha value is -3.14. The minimum absolute atomic E-state index is 0.230. The first-order valence-electron chi connectivity index (χ1n) is 6.88. The van der Waals surface area contributed by atoms with Gasteiger partial charge in [-0.05, 0) is 0 Å². The molecule has 0 atom stereocenters. The summed E-state index contributed by atoms with van der Waals surface area (Å²) in [6.45, 7) is 0. The van der Waals surface area contributed by atoms with Crippen molar-refractivity contribution in [3.63, 3.8) is 0 Å². The fraction of sp³-hybridized carbons (Fsp3) is 0. The number of hydrogen-bond donors (Lipinski definition) is 2. The van der Waals surface area contributed by atoms with Crippen molar-refractivity contribution >= 4 is 23.5 Å². The quantitative estimate of drug-likeness (QED) is 0.670. The van der Waals surface area contributed by atoms with Gasteiger partial charge in [-0.1, -0.05) is 60.7 Å². The van der Waals surface area contributed by atoms with Gasteiger partial charge in [0.1, 0.15) is 5.70 Å². The number of Topliss-reactive ketones (excluding diaryl/α,β-unsaturated/α-hetero) is 1. The second kappa shape index (κ2) is 6.10. The average Bonchev–Trinajstić information content (AvgIpc) is 2.62. The lowest BCUT2D eigenvalue weighted by Crippen LogP contribution is -2.29. The summed E-state index contributed by atoms with van der Waals surface area (Å²) in [4.78, 5) is 22.4. The lowest BCUT2D eigenvalue weighted by Gasteiger charge is -2.23. The fourth-order valence-corrected chi connectivity index (χ4v) is 2.30. The van der Waals surface area contributed by atoms with Crippen molar-refractivity contribution < 1.29 is 9.59 Å². The molecular weight excluding hydrogens is 276 g/mol. The predicted molar refractivity (Wildman–Crippen MR) is 85.1 cm³/mol. The number of rotatable bonds is 4. The third kappa shape index (κ3) is 2.67. The molecule has 4 nitrogen and oxygen atoms in total. The number of benzene rings is 2. The first-order chi connectivity index (χ1) is 10.8. The highest BCUT2D eigenvalue weighted by Gasteiger charge is 2.20. The molecule has 4 heteroatoms. The summed E-state index contributed by atoms with van der Waals surface area (Å²) in [6, 6.07) is 19.5. The van der Waals surface area contributed by atoms with Gasteiger partial charge in [-0.15, -0.1) is 0 Å². The molecule has 0 unspecified atom stereocenters. The summed E-state index contributed by atoms with van der Waals surface area (Å²) in [5.74, 6) is -0.590. The third-order valence-corrected chi connectivity index (χ3v) is 3.37. The number of allylic oxidation sites excluding steroid dienone is 1. The lowest BCUT2D eigenvalue weighted by molar-refractivity contribution is -0.127. The van der Waals surface area contributed by atoms with E-state index in [9.17, 15) is 9.59 Å². The predicted octanol–water partition coefficient (Wildman–Crippen LogP) is 2.31. The van der Waals surface area contributed by atoms with Gasteiger partial charge in [-0.2, -0.15) is 0 Å². The second-order valence-electron chi connectivity index (χ2n) is 4.79. The van der Waals surface area contributed by atoms with E-state index in [1.165, 1.54) is 6.20 Å². The molecule has 0 saturated carbocycles. The molecule has 0 spiro atoms. The molecule has 2 aromatic rings. The fourth-order valence-electron chi connectivity index (χ4n) is 2.30. The molecule has 0 radical (unpaired) electrons. The molecule has 0 fully saturated rings. The minimum Gasteiger partial charge on any atom is -0.357 e. The number of nitrogens with one attached hydrogen (secondary N) is 2. The van der Waals surface area contributed by atoms with Gasteiger partial charge in [0.15, 0.2) is 6.29 Å². The molecule has 3 rings (SSSR count). The maximum atomic E-state index is 11.6. The Morgan fingerprint density at radius 1 is 0.818 bits per heavy atom. The van der Waals surface area contributed by atoms with Crippen molar-refractivity contribution in [1.29, 1.82) is 0 Å². The summed E-state index contributed by atoms with van der Waals surface area (Å²) in [6.07, 6.45) is 1.82. The Kier molecular flexibility index (Phi) is 3.83. The zero-order valence-corrected chi connectivity index (χ0v) is 11.7. The molecule has 108 valence electrons. The molecule has 0 aliphatic carbocycles. The third-order valence-electron chi connectivity index (χ3n) is 3.37. The van der Waals surface area contributed by atoms with Crippen molar-refractivity contribution in [3.05, 3.63) is 83.7 Å². The Labute approximate surface area is 128 Å². The van der Waals surface area contributed by atoms with Crippen LogP contribution in [0.5, 0.6) is 0 Å². The van der Waals surface area contributed by atoms with Gasteiger partial charge >= 0.3 is 0 Å². The van der Waals surface area contributed by atoms with Crippen LogP contribution in [0, 0.1) is 0 Å². The second-order valence-corrected chi connectivity index (χ2v) is 4.79. The normalized spacial score (nSPS) is 13.7. The minimum atomic E-state index is -0.590. The maximum Gasteiger partial charge on any atom is 0.242 e. The van der Waals surface area contributed by atoms with Crippen molar-refractivity contribution in [2.45, 2.75) is 0 Å². The summed E-state index contributed by atoms with van der Waals surface area (Å²) >= 11 is 0. The Morgan fingerprint density at radius 3 is 1.91 bits per heavy atom. The van der Waals surface area contributed by atoms with Gasteiger partial charge in [-0.25, -0.2) is 0 Å². The summed E-state index contributed by atoms with van der Waals surface area (Å²) in [7, 11) is 0. The van der Waals surface area contributed by atoms with Gasteiger partial charge < -0.3 is 10.6 Å². The standard InChI is InChI=1S/C18H14N2O2/c21-12-16(22)15-11-19-17(13-7-3-1-4-8-13)18(20-15)14-9-5-2-6-10-14/h1-12,19-20H. The van der Waals surface area contributed by atoms with E-state index in [2.05, 4.69) is 10.6 Å². The zero-order valence-electron chi connectivity index (χ0n) is 11.7. The topological polar surface area (TPSA) is 58.2 Å².